The standard InChI is InChI=1S/C18H17ClN4O2S/c1-13-6-2-5-9-16(13)26(24,25)23-18-11-10-17(21-22-18)20-12-14-7-3-4-8-15(14)19/h2-11H,12H2,1H3,(H,20,21)(H,22,23). The van der Waals surface area contributed by atoms with E-state index in [1.54, 1.807) is 43.3 Å². The van der Waals surface area contributed by atoms with Gasteiger partial charge in [-0.05, 0) is 42.3 Å². The van der Waals surface area contributed by atoms with Gasteiger partial charge in [-0.3, -0.25) is 4.72 Å². The predicted molar refractivity (Wildman–Crippen MR) is 103 cm³/mol. The van der Waals surface area contributed by atoms with Crippen LogP contribution >= 0.6 is 11.6 Å². The van der Waals surface area contributed by atoms with E-state index in [2.05, 4.69) is 20.2 Å². The van der Waals surface area contributed by atoms with Gasteiger partial charge in [-0.25, -0.2) is 8.42 Å². The maximum absolute atomic E-state index is 12.4. The quantitative estimate of drug-likeness (QED) is 0.670. The highest BCUT2D eigenvalue weighted by Crippen LogP contribution is 2.19. The van der Waals surface area contributed by atoms with E-state index in [-0.39, 0.29) is 10.7 Å². The molecule has 0 saturated carbocycles. The molecule has 0 bridgehead atoms. The van der Waals surface area contributed by atoms with Crippen LogP contribution in [0.2, 0.25) is 5.02 Å². The Labute approximate surface area is 157 Å². The monoisotopic (exact) mass is 388 g/mol. The van der Waals surface area contributed by atoms with Crippen LogP contribution in [0, 0.1) is 6.92 Å². The summed E-state index contributed by atoms with van der Waals surface area (Å²) in [6, 6.07) is 17.4. The van der Waals surface area contributed by atoms with Crippen molar-refractivity contribution in [2.45, 2.75) is 18.4 Å². The molecule has 26 heavy (non-hydrogen) atoms. The lowest BCUT2D eigenvalue weighted by atomic mass is 10.2. The van der Waals surface area contributed by atoms with Gasteiger partial charge < -0.3 is 5.32 Å². The van der Waals surface area contributed by atoms with Crippen LogP contribution in [0.25, 0.3) is 0 Å². The number of aryl methyl sites for hydroxylation is 1. The van der Waals surface area contributed by atoms with Gasteiger partial charge >= 0.3 is 0 Å². The lowest BCUT2D eigenvalue weighted by molar-refractivity contribution is 0.600. The number of hydrogen-bond acceptors (Lipinski definition) is 5. The number of hydrogen-bond donors (Lipinski definition) is 2. The molecule has 8 heteroatoms. The van der Waals surface area contributed by atoms with Crippen molar-refractivity contribution in [3.63, 3.8) is 0 Å². The first-order valence-electron chi connectivity index (χ1n) is 7.85. The molecular weight excluding hydrogens is 372 g/mol. The lowest BCUT2D eigenvalue weighted by Gasteiger charge is -2.10. The number of aromatic nitrogens is 2. The van der Waals surface area contributed by atoms with E-state index in [1.165, 1.54) is 0 Å². The molecule has 2 aromatic carbocycles. The number of nitrogens with one attached hydrogen (secondary N) is 2. The Hall–Kier alpha value is -2.64. The molecule has 0 radical (unpaired) electrons. The molecule has 0 amide bonds. The van der Waals surface area contributed by atoms with Crippen molar-refractivity contribution in [1.82, 2.24) is 10.2 Å². The smallest absolute Gasteiger partial charge is 0.263 e. The Morgan fingerprint density at radius 1 is 0.923 bits per heavy atom. The molecule has 0 aliphatic heterocycles. The van der Waals surface area contributed by atoms with Gasteiger partial charge in [-0.15, -0.1) is 10.2 Å². The molecule has 0 spiro atoms. The summed E-state index contributed by atoms with van der Waals surface area (Å²) < 4.78 is 27.3. The summed E-state index contributed by atoms with van der Waals surface area (Å²) in [6.45, 7) is 2.23. The van der Waals surface area contributed by atoms with Gasteiger partial charge in [0.2, 0.25) is 0 Å². The SMILES string of the molecule is Cc1ccccc1S(=O)(=O)Nc1ccc(NCc2ccccc2Cl)nn1. The van der Waals surface area contributed by atoms with Crippen LogP contribution in [0.3, 0.4) is 0 Å². The van der Waals surface area contributed by atoms with Gasteiger partial charge in [0.15, 0.2) is 5.82 Å². The number of anilines is 2. The normalized spacial score (nSPS) is 11.2. The van der Waals surface area contributed by atoms with E-state index in [1.807, 2.05) is 24.3 Å². The van der Waals surface area contributed by atoms with Crippen molar-refractivity contribution in [3.05, 3.63) is 76.8 Å². The molecule has 0 aliphatic carbocycles. The minimum atomic E-state index is -3.71. The molecule has 0 atom stereocenters. The van der Waals surface area contributed by atoms with Crippen LogP contribution in [0.4, 0.5) is 11.6 Å². The molecule has 1 aromatic heterocycles. The third kappa shape index (κ3) is 4.30. The van der Waals surface area contributed by atoms with Crippen molar-refractivity contribution in [3.8, 4) is 0 Å². The number of sulfonamides is 1. The highest BCUT2D eigenvalue weighted by Gasteiger charge is 2.17. The first-order valence-corrected chi connectivity index (χ1v) is 9.71. The summed E-state index contributed by atoms with van der Waals surface area (Å²) in [6.07, 6.45) is 0. The summed E-state index contributed by atoms with van der Waals surface area (Å²) in [7, 11) is -3.71. The third-order valence-electron chi connectivity index (χ3n) is 3.70. The van der Waals surface area contributed by atoms with Crippen LogP contribution in [-0.2, 0) is 16.6 Å². The van der Waals surface area contributed by atoms with E-state index in [9.17, 15) is 8.42 Å². The Morgan fingerprint density at radius 3 is 2.27 bits per heavy atom. The zero-order valence-electron chi connectivity index (χ0n) is 14.0. The second-order valence-corrected chi connectivity index (χ2v) is 7.68. The fourth-order valence-electron chi connectivity index (χ4n) is 2.36. The van der Waals surface area contributed by atoms with E-state index in [0.717, 1.165) is 5.56 Å². The van der Waals surface area contributed by atoms with Crippen molar-refractivity contribution in [2.24, 2.45) is 0 Å². The van der Waals surface area contributed by atoms with Gasteiger partial charge in [0.1, 0.15) is 5.82 Å². The molecule has 3 rings (SSSR count). The van der Waals surface area contributed by atoms with Gasteiger partial charge in [0.05, 0.1) is 4.90 Å². The van der Waals surface area contributed by atoms with Gasteiger partial charge in [0.25, 0.3) is 10.0 Å². The molecule has 0 saturated heterocycles. The van der Waals surface area contributed by atoms with Gasteiger partial charge in [-0.2, -0.15) is 0 Å². The van der Waals surface area contributed by atoms with E-state index in [4.69, 9.17) is 11.6 Å². The molecule has 1 heterocycles. The number of halogens is 1. The highest BCUT2D eigenvalue weighted by molar-refractivity contribution is 7.92. The number of rotatable bonds is 6. The van der Waals surface area contributed by atoms with E-state index < -0.39 is 10.0 Å². The fraction of sp³-hybridized carbons (Fsp3) is 0.111. The third-order valence-corrected chi connectivity index (χ3v) is 5.59. The predicted octanol–water partition coefficient (Wildman–Crippen LogP) is 3.85. The summed E-state index contributed by atoms with van der Waals surface area (Å²) in [5, 5.41) is 11.7. The second kappa shape index (κ2) is 7.72. The topological polar surface area (TPSA) is 84.0 Å². The van der Waals surface area contributed by atoms with Crippen LogP contribution in [0.5, 0.6) is 0 Å². The molecular formula is C18H17ClN4O2S. The fourth-order valence-corrected chi connectivity index (χ4v) is 3.81. The molecule has 0 unspecified atom stereocenters. The minimum Gasteiger partial charge on any atom is -0.364 e. The molecule has 134 valence electrons. The Balaban J connectivity index is 1.68. The largest absolute Gasteiger partial charge is 0.364 e. The summed E-state index contributed by atoms with van der Waals surface area (Å²) in [5.41, 5.74) is 1.59. The van der Waals surface area contributed by atoms with Crippen LogP contribution < -0.4 is 10.0 Å². The van der Waals surface area contributed by atoms with Crippen molar-refractivity contribution in [1.29, 1.82) is 0 Å². The summed E-state index contributed by atoms with van der Waals surface area (Å²) in [5.74, 6) is 0.667. The molecule has 0 fully saturated rings. The van der Waals surface area contributed by atoms with E-state index >= 15 is 0 Å². The molecule has 0 aliphatic rings. The number of nitrogens with zero attached hydrogens (tertiary/aromatic N) is 2. The van der Waals surface area contributed by atoms with Crippen molar-refractivity contribution < 1.29 is 8.42 Å². The first kappa shape index (κ1) is 18.2. The second-order valence-electron chi connectivity index (χ2n) is 5.62. The van der Waals surface area contributed by atoms with Crippen LogP contribution in [0.15, 0.2) is 65.6 Å². The Morgan fingerprint density at radius 2 is 1.58 bits per heavy atom. The van der Waals surface area contributed by atoms with E-state index in [0.29, 0.717) is 22.9 Å². The maximum atomic E-state index is 12.4. The van der Waals surface area contributed by atoms with Gasteiger partial charge in [-0.1, -0.05) is 48.0 Å². The van der Waals surface area contributed by atoms with Crippen molar-refractivity contribution in [2.75, 3.05) is 10.0 Å². The van der Waals surface area contributed by atoms with Gasteiger partial charge in [0, 0.05) is 11.6 Å². The average molecular weight is 389 g/mol. The van der Waals surface area contributed by atoms with Crippen LogP contribution in [-0.4, -0.2) is 18.6 Å². The molecule has 3 aromatic rings. The molecule has 6 nitrogen and oxygen atoms in total. The highest BCUT2D eigenvalue weighted by atomic mass is 35.5. The Bertz CT molecular complexity index is 1010. The van der Waals surface area contributed by atoms with Crippen molar-refractivity contribution >= 4 is 33.3 Å². The number of benzene rings is 2. The van der Waals surface area contributed by atoms with Crippen LogP contribution in [0.1, 0.15) is 11.1 Å². The summed E-state index contributed by atoms with van der Waals surface area (Å²) >= 11 is 6.11. The summed E-state index contributed by atoms with van der Waals surface area (Å²) in [4.78, 5) is 0.211. The zero-order valence-corrected chi connectivity index (χ0v) is 15.6. The maximum Gasteiger partial charge on any atom is 0.263 e. The lowest BCUT2D eigenvalue weighted by Crippen LogP contribution is -2.15. The zero-order chi connectivity index (χ0) is 18.6. The Kier molecular flexibility index (Phi) is 5.39. The first-order chi connectivity index (χ1) is 12.5. The molecule has 2 N–H and O–H groups in total. The average Bonchev–Trinajstić information content (AvgIpc) is 2.62. The minimum absolute atomic E-state index is 0.150.